The Morgan fingerprint density at radius 3 is 2.58 bits per heavy atom. The third kappa shape index (κ3) is 3.53. The molecule has 0 spiro atoms. The maximum atomic E-state index is 12.1. The van der Waals surface area contributed by atoms with E-state index in [1.807, 2.05) is 26.0 Å². The number of pyridine rings is 1. The zero-order valence-electron chi connectivity index (χ0n) is 13.7. The average molecular weight is 325 g/mol. The van der Waals surface area contributed by atoms with Crippen LogP contribution in [0.25, 0.3) is 0 Å². The van der Waals surface area contributed by atoms with Crippen molar-refractivity contribution in [1.29, 1.82) is 0 Å². The van der Waals surface area contributed by atoms with Crippen LogP contribution in [0.3, 0.4) is 0 Å². The molecular formula is C18H19N3O3. The molecule has 1 aliphatic rings. The molecule has 1 saturated heterocycles. The van der Waals surface area contributed by atoms with Gasteiger partial charge in [0.15, 0.2) is 0 Å². The van der Waals surface area contributed by atoms with Crippen LogP contribution >= 0.6 is 0 Å². The van der Waals surface area contributed by atoms with E-state index in [9.17, 15) is 9.59 Å². The van der Waals surface area contributed by atoms with E-state index >= 15 is 0 Å². The van der Waals surface area contributed by atoms with Crippen molar-refractivity contribution < 1.29 is 14.3 Å². The zero-order chi connectivity index (χ0) is 17.1. The molecule has 2 aromatic rings. The van der Waals surface area contributed by atoms with Crippen molar-refractivity contribution in [2.75, 3.05) is 18.0 Å². The van der Waals surface area contributed by atoms with Crippen LogP contribution in [-0.2, 0) is 4.74 Å². The molecule has 1 atom stereocenters. The predicted molar refractivity (Wildman–Crippen MR) is 90.1 cm³/mol. The Bertz CT molecular complexity index is 741. The van der Waals surface area contributed by atoms with Gasteiger partial charge in [-0.05, 0) is 49.2 Å². The lowest BCUT2D eigenvalue weighted by atomic mass is 10.1. The summed E-state index contributed by atoms with van der Waals surface area (Å²) < 4.78 is 5.35. The van der Waals surface area contributed by atoms with Crippen molar-refractivity contribution in [3.05, 3.63) is 59.4 Å². The van der Waals surface area contributed by atoms with Crippen molar-refractivity contribution in [2.24, 2.45) is 0 Å². The molecule has 1 unspecified atom stereocenters. The van der Waals surface area contributed by atoms with E-state index in [2.05, 4.69) is 16.4 Å². The first-order valence-corrected chi connectivity index (χ1v) is 7.77. The summed E-state index contributed by atoms with van der Waals surface area (Å²) in [6, 6.07) is 9.23. The number of carbonyl (C=O) groups is 2. The molecule has 24 heavy (non-hydrogen) atoms. The lowest BCUT2D eigenvalue weighted by molar-refractivity contribution is 0.0916. The first kappa shape index (κ1) is 16.0. The van der Waals surface area contributed by atoms with E-state index in [-0.39, 0.29) is 24.6 Å². The normalized spacial score (nSPS) is 16.8. The molecular weight excluding hydrogens is 306 g/mol. The largest absolute Gasteiger partial charge is 0.442 e. The average Bonchev–Trinajstić information content (AvgIpc) is 2.93. The van der Waals surface area contributed by atoms with Crippen molar-refractivity contribution in [2.45, 2.75) is 20.0 Å². The molecule has 6 nitrogen and oxygen atoms in total. The molecule has 124 valence electrons. The first-order valence-electron chi connectivity index (χ1n) is 7.77. The molecule has 0 radical (unpaired) electrons. The van der Waals surface area contributed by atoms with Gasteiger partial charge in [0.2, 0.25) is 0 Å². The van der Waals surface area contributed by atoms with E-state index in [1.54, 1.807) is 29.4 Å². The van der Waals surface area contributed by atoms with Crippen molar-refractivity contribution in [1.82, 2.24) is 10.3 Å². The van der Waals surface area contributed by atoms with Crippen LogP contribution in [-0.4, -0.2) is 36.2 Å². The number of cyclic esters (lactones) is 1. The van der Waals surface area contributed by atoms with Gasteiger partial charge in [0.05, 0.1) is 13.1 Å². The Morgan fingerprint density at radius 1 is 1.25 bits per heavy atom. The number of nitrogens with zero attached hydrogens (tertiary/aromatic N) is 2. The number of amides is 2. The first-order chi connectivity index (χ1) is 11.5. The molecule has 1 aromatic carbocycles. The van der Waals surface area contributed by atoms with Gasteiger partial charge in [-0.2, -0.15) is 0 Å². The van der Waals surface area contributed by atoms with Gasteiger partial charge in [0, 0.05) is 23.6 Å². The Kier molecular flexibility index (Phi) is 4.46. The van der Waals surface area contributed by atoms with Crippen LogP contribution in [0.1, 0.15) is 21.5 Å². The van der Waals surface area contributed by atoms with E-state index in [0.717, 1.165) is 16.8 Å². The monoisotopic (exact) mass is 325 g/mol. The molecule has 0 saturated carbocycles. The van der Waals surface area contributed by atoms with Gasteiger partial charge < -0.3 is 10.1 Å². The highest BCUT2D eigenvalue weighted by Crippen LogP contribution is 2.24. The Hall–Kier alpha value is -2.89. The van der Waals surface area contributed by atoms with Gasteiger partial charge >= 0.3 is 6.09 Å². The summed E-state index contributed by atoms with van der Waals surface area (Å²) in [6.45, 7) is 4.67. The van der Waals surface area contributed by atoms with Gasteiger partial charge in [-0.3, -0.25) is 14.7 Å². The molecule has 1 aromatic heterocycles. The van der Waals surface area contributed by atoms with Crippen LogP contribution in [0, 0.1) is 13.8 Å². The fourth-order valence-electron chi connectivity index (χ4n) is 2.76. The maximum absolute atomic E-state index is 12.1. The van der Waals surface area contributed by atoms with Gasteiger partial charge in [-0.1, -0.05) is 6.07 Å². The second-order valence-corrected chi connectivity index (χ2v) is 5.91. The summed E-state index contributed by atoms with van der Waals surface area (Å²) >= 11 is 0. The summed E-state index contributed by atoms with van der Waals surface area (Å²) in [5.41, 5.74) is 3.53. The van der Waals surface area contributed by atoms with E-state index in [1.165, 1.54) is 0 Å². The minimum absolute atomic E-state index is 0.210. The third-order valence-corrected chi connectivity index (χ3v) is 3.83. The van der Waals surface area contributed by atoms with Crippen molar-refractivity contribution in [3.63, 3.8) is 0 Å². The summed E-state index contributed by atoms with van der Waals surface area (Å²) in [4.78, 5) is 29.6. The Morgan fingerprint density at radius 2 is 1.92 bits per heavy atom. The molecule has 0 aliphatic carbocycles. The number of aryl methyl sites for hydroxylation is 2. The molecule has 6 heteroatoms. The van der Waals surface area contributed by atoms with Gasteiger partial charge in [-0.25, -0.2) is 4.79 Å². The third-order valence-electron chi connectivity index (χ3n) is 3.83. The molecule has 3 rings (SSSR count). The standard InChI is InChI=1S/C18H19N3O3/c1-12-7-13(2)9-15(8-12)21-11-16(24-18(21)23)10-20-17(22)14-3-5-19-6-4-14/h3-9,16H,10-11H2,1-2H3,(H,20,22). The molecule has 0 bridgehead atoms. The van der Waals surface area contributed by atoms with E-state index in [0.29, 0.717) is 12.1 Å². The van der Waals surface area contributed by atoms with Crippen LogP contribution in [0.4, 0.5) is 10.5 Å². The molecule has 1 fully saturated rings. The smallest absolute Gasteiger partial charge is 0.414 e. The second-order valence-electron chi connectivity index (χ2n) is 5.91. The van der Waals surface area contributed by atoms with Gasteiger partial charge in [0.1, 0.15) is 6.10 Å². The highest BCUT2D eigenvalue weighted by molar-refractivity contribution is 5.94. The molecule has 2 amide bonds. The van der Waals surface area contributed by atoms with Crippen LogP contribution in [0.2, 0.25) is 0 Å². The number of benzene rings is 1. The highest BCUT2D eigenvalue weighted by atomic mass is 16.6. The lowest BCUT2D eigenvalue weighted by Crippen LogP contribution is -2.34. The minimum atomic E-state index is -0.386. The molecule has 2 heterocycles. The quantitative estimate of drug-likeness (QED) is 0.937. The summed E-state index contributed by atoms with van der Waals surface area (Å²) in [7, 11) is 0. The number of ether oxygens (including phenoxy) is 1. The van der Waals surface area contributed by atoms with Crippen LogP contribution in [0.5, 0.6) is 0 Å². The highest BCUT2D eigenvalue weighted by Gasteiger charge is 2.32. The molecule has 1 aliphatic heterocycles. The topological polar surface area (TPSA) is 71.5 Å². The summed E-state index contributed by atoms with van der Waals surface area (Å²) in [6.07, 6.45) is 2.37. The van der Waals surface area contributed by atoms with E-state index in [4.69, 9.17) is 4.74 Å². The zero-order valence-corrected chi connectivity index (χ0v) is 13.7. The van der Waals surface area contributed by atoms with Crippen molar-refractivity contribution in [3.8, 4) is 0 Å². The van der Waals surface area contributed by atoms with Crippen LogP contribution < -0.4 is 10.2 Å². The van der Waals surface area contributed by atoms with Crippen molar-refractivity contribution >= 4 is 17.7 Å². The minimum Gasteiger partial charge on any atom is -0.442 e. The second kappa shape index (κ2) is 6.70. The fraction of sp³-hybridized carbons (Fsp3) is 0.278. The number of hydrogen-bond acceptors (Lipinski definition) is 4. The van der Waals surface area contributed by atoms with Crippen LogP contribution in [0.15, 0.2) is 42.7 Å². The van der Waals surface area contributed by atoms with E-state index < -0.39 is 0 Å². The number of rotatable bonds is 4. The summed E-state index contributed by atoms with van der Waals surface area (Å²) in [5, 5.41) is 2.79. The Balaban J connectivity index is 1.62. The van der Waals surface area contributed by atoms with Gasteiger partial charge in [-0.15, -0.1) is 0 Å². The molecule has 1 N–H and O–H groups in total. The lowest BCUT2D eigenvalue weighted by Gasteiger charge is -2.14. The number of aromatic nitrogens is 1. The Labute approximate surface area is 140 Å². The van der Waals surface area contributed by atoms with Gasteiger partial charge in [0.25, 0.3) is 5.91 Å². The number of nitrogens with one attached hydrogen (secondary N) is 1. The predicted octanol–water partition coefficient (Wildman–Crippen LogP) is 2.45. The SMILES string of the molecule is Cc1cc(C)cc(N2CC(CNC(=O)c3ccncc3)OC2=O)c1. The number of anilines is 1. The number of carbonyl (C=O) groups excluding carboxylic acids is 2. The summed E-state index contributed by atoms with van der Waals surface area (Å²) in [5.74, 6) is -0.210. The maximum Gasteiger partial charge on any atom is 0.414 e. The fourth-order valence-corrected chi connectivity index (χ4v) is 2.76. The number of hydrogen-bond donors (Lipinski definition) is 1.